The minimum Gasteiger partial charge on any atom is -0.462 e. The highest BCUT2D eigenvalue weighted by Gasteiger charge is 2.28. The molecule has 0 aromatic rings. The van der Waals surface area contributed by atoms with Gasteiger partial charge in [0, 0.05) is 19.3 Å². The molecular formula is C66H111O11P. The van der Waals surface area contributed by atoms with Gasteiger partial charge in [-0.1, -0.05) is 226 Å². The summed E-state index contributed by atoms with van der Waals surface area (Å²) in [7, 11) is -4.77. The van der Waals surface area contributed by atoms with Crippen molar-refractivity contribution in [2.24, 2.45) is 0 Å². The van der Waals surface area contributed by atoms with Crippen LogP contribution >= 0.6 is 7.82 Å². The second kappa shape index (κ2) is 59.3. The summed E-state index contributed by atoms with van der Waals surface area (Å²) in [6.07, 6.45) is 71.9. The van der Waals surface area contributed by atoms with Crippen LogP contribution in [0.2, 0.25) is 0 Å². The number of esters is 3. The van der Waals surface area contributed by atoms with Crippen molar-refractivity contribution in [2.75, 3.05) is 26.4 Å². The van der Waals surface area contributed by atoms with Crippen molar-refractivity contribution in [2.45, 2.75) is 264 Å². The minimum absolute atomic E-state index is 0.143. The van der Waals surface area contributed by atoms with E-state index in [1.54, 1.807) is 0 Å². The molecule has 0 saturated heterocycles. The van der Waals surface area contributed by atoms with E-state index in [1.165, 1.54) is 83.5 Å². The zero-order valence-corrected chi connectivity index (χ0v) is 50.2. The van der Waals surface area contributed by atoms with Crippen molar-refractivity contribution >= 4 is 25.7 Å². The molecule has 0 heterocycles. The Hall–Kier alpha value is -3.86. The molecule has 0 saturated carbocycles. The maximum Gasteiger partial charge on any atom is 0.472 e. The molecule has 446 valence electrons. The van der Waals surface area contributed by atoms with Crippen LogP contribution in [-0.2, 0) is 42.2 Å². The van der Waals surface area contributed by atoms with Gasteiger partial charge in [0.15, 0.2) is 6.10 Å². The van der Waals surface area contributed by atoms with Gasteiger partial charge >= 0.3 is 25.7 Å². The van der Waals surface area contributed by atoms with Crippen LogP contribution in [0.4, 0.5) is 0 Å². The van der Waals surface area contributed by atoms with E-state index in [0.29, 0.717) is 25.7 Å². The average Bonchev–Trinajstić information content (AvgIpc) is 3.43. The number of hydrogen-bond acceptors (Lipinski definition) is 10. The molecule has 0 aliphatic heterocycles. The molecule has 2 N–H and O–H groups in total. The van der Waals surface area contributed by atoms with Gasteiger partial charge in [-0.2, -0.15) is 0 Å². The van der Waals surface area contributed by atoms with Crippen molar-refractivity contribution in [3.05, 3.63) is 109 Å². The highest BCUT2D eigenvalue weighted by atomic mass is 31.2. The molecule has 0 amide bonds. The van der Waals surface area contributed by atoms with Gasteiger partial charge in [0.25, 0.3) is 0 Å². The maximum atomic E-state index is 12.9. The largest absolute Gasteiger partial charge is 0.472 e. The summed E-state index contributed by atoms with van der Waals surface area (Å²) in [6.45, 7) is 4.34. The fraction of sp³-hybridized carbons (Fsp3) is 0.682. The van der Waals surface area contributed by atoms with Crippen LogP contribution in [-0.4, -0.2) is 66.5 Å². The zero-order chi connectivity index (χ0) is 56.9. The Bertz CT molecular complexity index is 1720. The highest BCUT2D eigenvalue weighted by molar-refractivity contribution is 7.47. The Labute approximate surface area is 475 Å². The van der Waals surface area contributed by atoms with E-state index in [2.05, 4.69) is 124 Å². The molecule has 12 heteroatoms. The molecule has 3 atom stereocenters. The predicted molar refractivity (Wildman–Crippen MR) is 325 cm³/mol. The summed E-state index contributed by atoms with van der Waals surface area (Å²) >= 11 is 0. The molecule has 0 aliphatic carbocycles. The van der Waals surface area contributed by atoms with Crippen LogP contribution in [0.3, 0.4) is 0 Å². The number of allylic oxidation sites excluding steroid dienone is 18. The lowest BCUT2D eigenvalue weighted by molar-refractivity contribution is -0.161. The van der Waals surface area contributed by atoms with E-state index in [0.717, 1.165) is 103 Å². The molecule has 0 fully saturated rings. The van der Waals surface area contributed by atoms with Crippen LogP contribution in [0.5, 0.6) is 0 Å². The SMILES string of the molecule is CC/C=C\C/C=C\C/C=C\C/C=C\C/C=C\CCCC(=O)OCC(COP(=O)(O)OCC(CO)OC(=O)CCCCCCC/C=C\C/C=C\C/C=C\CC)OC(=O)CCCCCCCCCCC/C=C\CCCCCCCC. The van der Waals surface area contributed by atoms with E-state index in [-0.39, 0.29) is 25.9 Å². The number of aliphatic hydroxyl groups excluding tert-OH is 1. The Morgan fingerprint density at radius 3 is 1.08 bits per heavy atom. The van der Waals surface area contributed by atoms with Gasteiger partial charge in [0.2, 0.25) is 0 Å². The Morgan fingerprint density at radius 2 is 0.679 bits per heavy atom. The summed E-state index contributed by atoms with van der Waals surface area (Å²) in [5.41, 5.74) is 0. The number of carbonyl (C=O) groups excluding carboxylic acids is 3. The zero-order valence-electron chi connectivity index (χ0n) is 49.3. The second-order valence-electron chi connectivity index (χ2n) is 20.1. The van der Waals surface area contributed by atoms with E-state index in [4.69, 9.17) is 23.3 Å². The van der Waals surface area contributed by atoms with Gasteiger partial charge in [-0.15, -0.1) is 0 Å². The van der Waals surface area contributed by atoms with Crippen molar-refractivity contribution in [1.29, 1.82) is 0 Å². The second-order valence-corrected chi connectivity index (χ2v) is 21.6. The third-order valence-electron chi connectivity index (χ3n) is 12.7. The first-order valence-corrected chi connectivity index (χ1v) is 32.3. The molecular weight excluding hydrogens is 1000 g/mol. The topological polar surface area (TPSA) is 155 Å². The Morgan fingerprint density at radius 1 is 0.372 bits per heavy atom. The molecule has 0 aromatic heterocycles. The van der Waals surface area contributed by atoms with Gasteiger partial charge in [0.05, 0.1) is 19.8 Å². The lowest BCUT2D eigenvalue weighted by atomic mass is 10.1. The lowest BCUT2D eigenvalue weighted by Gasteiger charge is -2.21. The standard InChI is InChI=1S/C66H111O11P/c1-4-7-10-13-16-19-22-25-28-30-31-33-36-39-42-45-48-51-54-57-66(70)77-63(59-73-64(68)55-52-49-46-43-40-37-35-32-29-26-23-20-17-14-11-8-5-2)61-75-78(71,72)74-60-62(58-67)76-65(69)56-53-50-47-44-41-38-34-27-24-21-18-15-12-9-6-3/h8-9,11-12,17-18,20-21,25-29,34-35,37,43,46,62-63,67H,4-7,10,13-16,19,22-24,30-33,36,38-42,44-45,47-61H2,1-3H3,(H,71,72)/b11-8-,12-9-,20-17-,21-18-,28-25-,29-26-,34-27-,37-35-,46-43-. The van der Waals surface area contributed by atoms with E-state index in [9.17, 15) is 28.9 Å². The van der Waals surface area contributed by atoms with E-state index < -0.39 is 57.8 Å². The van der Waals surface area contributed by atoms with Crippen molar-refractivity contribution < 1.29 is 52.2 Å². The summed E-state index contributed by atoms with van der Waals surface area (Å²) in [6, 6.07) is 0. The first-order chi connectivity index (χ1) is 38.2. The third-order valence-corrected chi connectivity index (χ3v) is 13.6. The summed E-state index contributed by atoms with van der Waals surface area (Å²) < 4.78 is 39.6. The Kier molecular flexibility index (Phi) is 56.3. The number of phosphoric ester groups is 1. The van der Waals surface area contributed by atoms with Gasteiger partial charge in [-0.3, -0.25) is 23.4 Å². The molecule has 11 nitrogen and oxygen atoms in total. The van der Waals surface area contributed by atoms with Crippen LogP contribution < -0.4 is 0 Å². The average molecular weight is 1110 g/mol. The molecule has 0 aromatic carbocycles. The van der Waals surface area contributed by atoms with Crippen LogP contribution in [0.15, 0.2) is 109 Å². The third kappa shape index (κ3) is 56.8. The van der Waals surface area contributed by atoms with Gasteiger partial charge in [0.1, 0.15) is 12.7 Å². The van der Waals surface area contributed by atoms with Gasteiger partial charge in [-0.05, 0) is 116 Å². The number of rotatable bonds is 56. The van der Waals surface area contributed by atoms with Crippen molar-refractivity contribution in [3.8, 4) is 0 Å². The molecule has 0 radical (unpaired) electrons. The smallest absolute Gasteiger partial charge is 0.462 e. The number of unbranched alkanes of at least 4 members (excludes halogenated alkanes) is 21. The molecule has 0 bridgehead atoms. The van der Waals surface area contributed by atoms with Crippen LogP contribution in [0, 0.1) is 0 Å². The van der Waals surface area contributed by atoms with Crippen molar-refractivity contribution in [3.63, 3.8) is 0 Å². The normalized spacial score (nSPS) is 14.1. The Balaban J connectivity index is 4.81. The van der Waals surface area contributed by atoms with E-state index >= 15 is 0 Å². The molecule has 0 spiro atoms. The number of ether oxygens (including phenoxy) is 3. The molecule has 3 unspecified atom stereocenters. The van der Waals surface area contributed by atoms with Gasteiger partial charge < -0.3 is 24.2 Å². The maximum absolute atomic E-state index is 12.9. The number of phosphoric acid groups is 1. The summed E-state index contributed by atoms with van der Waals surface area (Å²) in [5, 5.41) is 9.83. The number of carbonyl (C=O) groups is 3. The highest BCUT2D eigenvalue weighted by Crippen LogP contribution is 2.43. The summed E-state index contributed by atoms with van der Waals surface area (Å²) in [4.78, 5) is 48.7. The molecule has 0 rings (SSSR count). The first-order valence-electron chi connectivity index (χ1n) is 30.8. The van der Waals surface area contributed by atoms with Gasteiger partial charge in [-0.25, -0.2) is 4.57 Å². The quantitative estimate of drug-likeness (QED) is 0.0197. The van der Waals surface area contributed by atoms with Crippen LogP contribution in [0.25, 0.3) is 0 Å². The monoisotopic (exact) mass is 1110 g/mol. The molecule has 0 aliphatic rings. The minimum atomic E-state index is -4.77. The fourth-order valence-electron chi connectivity index (χ4n) is 8.05. The molecule has 78 heavy (non-hydrogen) atoms. The fourth-order valence-corrected chi connectivity index (χ4v) is 8.83. The predicted octanol–water partition coefficient (Wildman–Crippen LogP) is 18.6. The van der Waals surface area contributed by atoms with Crippen LogP contribution in [0.1, 0.15) is 252 Å². The van der Waals surface area contributed by atoms with E-state index in [1.807, 2.05) is 6.08 Å². The number of hydrogen-bond donors (Lipinski definition) is 2. The first kappa shape index (κ1) is 74.1. The lowest BCUT2D eigenvalue weighted by Crippen LogP contribution is -2.30. The number of aliphatic hydroxyl groups is 1. The summed E-state index contributed by atoms with van der Waals surface area (Å²) in [5.74, 6) is -1.56. The van der Waals surface area contributed by atoms with Crippen molar-refractivity contribution in [1.82, 2.24) is 0 Å².